The van der Waals surface area contributed by atoms with Crippen molar-refractivity contribution in [2.24, 2.45) is 0 Å². The Balaban J connectivity index is 1.70. The smallest absolute Gasteiger partial charge is 0.150 e. The molecule has 0 unspecified atom stereocenters. The molecule has 2 heteroatoms. The number of fused-ring (bicyclic) bond motifs is 1. The van der Waals surface area contributed by atoms with Gasteiger partial charge in [0, 0.05) is 16.2 Å². The monoisotopic (exact) mass is 268 g/mol. The van der Waals surface area contributed by atoms with Gasteiger partial charge in [-0.05, 0) is 48.1 Å². The molecule has 0 amide bonds. The van der Waals surface area contributed by atoms with Crippen molar-refractivity contribution in [3.63, 3.8) is 0 Å². The van der Waals surface area contributed by atoms with Crippen molar-refractivity contribution in [1.29, 1.82) is 0 Å². The van der Waals surface area contributed by atoms with E-state index in [2.05, 4.69) is 24.3 Å². The van der Waals surface area contributed by atoms with Crippen LogP contribution in [0.1, 0.15) is 33.5 Å². The van der Waals surface area contributed by atoms with Gasteiger partial charge in [0.15, 0.2) is 0 Å². The predicted molar refractivity (Wildman–Crippen MR) is 79.9 cm³/mol. The third-order valence-corrected chi connectivity index (χ3v) is 4.63. The number of carbonyl (C=O) groups excluding carboxylic acids is 1. The number of hydrogen-bond donors (Lipinski definition) is 0. The second-order valence-corrected chi connectivity index (χ2v) is 5.98. The van der Waals surface area contributed by atoms with Crippen LogP contribution < -0.4 is 0 Å². The lowest BCUT2D eigenvalue weighted by Crippen LogP contribution is -1.87. The van der Waals surface area contributed by atoms with E-state index in [1.807, 2.05) is 18.2 Å². The summed E-state index contributed by atoms with van der Waals surface area (Å²) in [6, 6.07) is 14.6. The fourth-order valence-corrected chi connectivity index (χ4v) is 3.47. The molecule has 1 aliphatic carbocycles. The first-order valence-electron chi connectivity index (χ1n) is 6.64. The molecule has 2 aromatic carbocycles. The highest BCUT2D eigenvalue weighted by atomic mass is 32.2. The van der Waals surface area contributed by atoms with Crippen molar-refractivity contribution >= 4 is 18.0 Å². The summed E-state index contributed by atoms with van der Waals surface area (Å²) in [5.41, 5.74) is 5.18. The van der Waals surface area contributed by atoms with E-state index in [4.69, 9.17) is 0 Å². The maximum Gasteiger partial charge on any atom is 0.150 e. The SMILES string of the molecule is O=Cc1cccc(SCc2ccc3c(c2)CCC3)c1. The summed E-state index contributed by atoms with van der Waals surface area (Å²) < 4.78 is 0. The molecule has 0 heterocycles. The third-order valence-electron chi connectivity index (χ3n) is 3.56. The topological polar surface area (TPSA) is 17.1 Å². The van der Waals surface area contributed by atoms with Crippen LogP contribution in [0, 0.1) is 0 Å². The van der Waals surface area contributed by atoms with Crippen LogP contribution in [-0.2, 0) is 18.6 Å². The Morgan fingerprint density at radius 2 is 1.95 bits per heavy atom. The largest absolute Gasteiger partial charge is 0.298 e. The molecule has 0 N–H and O–H groups in total. The lowest BCUT2D eigenvalue weighted by molar-refractivity contribution is 0.112. The number of aldehydes is 1. The first-order chi connectivity index (χ1) is 9.35. The maximum atomic E-state index is 10.8. The highest BCUT2D eigenvalue weighted by Gasteiger charge is 2.10. The third kappa shape index (κ3) is 2.90. The second-order valence-electron chi connectivity index (χ2n) is 4.94. The van der Waals surface area contributed by atoms with Crippen LogP contribution in [0.4, 0.5) is 0 Å². The van der Waals surface area contributed by atoms with Gasteiger partial charge in [-0.3, -0.25) is 4.79 Å². The molecule has 2 aromatic rings. The van der Waals surface area contributed by atoms with E-state index in [1.165, 1.54) is 36.0 Å². The number of rotatable bonds is 4. The molecule has 0 bridgehead atoms. The van der Waals surface area contributed by atoms with Crippen LogP contribution in [0.3, 0.4) is 0 Å². The average molecular weight is 268 g/mol. The van der Waals surface area contributed by atoms with Crippen molar-refractivity contribution in [2.75, 3.05) is 0 Å². The van der Waals surface area contributed by atoms with Crippen LogP contribution in [0.15, 0.2) is 47.4 Å². The van der Waals surface area contributed by atoms with Gasteiger partial charge in [-0.1, -0.05) is 30.3 Å². The fourth-order valence-electron chi connectivity index (χ4n) is 2.56. The van der Waals surface area contributed by atoms with Crippen LogP contribution in [-0.4, -0.2) is 6.29 Å². The molecule has 0 aromatic heterocycles. The molecule has 0 saturated carbocycles. The van der Waals surface area contributed by atoms with Crippen molar-refractivity contribution < 1.29 is 4.79 Å². The summed E-state index contributed by atoms with van der Waals surface area (Å²) in [7, 11) is 0. The Morgan fingerprint density at radius 3 is 2.84 bits per heavy atom. The minimum Gasteiger partial charge on any atom is -0.298 e. The fraction of sp³-hybridized carbons (Fsp3) is 0.235. The van der Waals surface area contributed by atoms with E-state index in [9.17, 15) is 4.79 Å². The Bertz CT molecular complexity index is 604. The first-order valence-corrected chi connectivity index (χ1v) is 7.62. The van der Waals surface area contributed by atoms with Gasteiger partial charge < -0.3 is 0 Å². The van der Waals surface area contributed by atoms with Gasteiger partial charge in [0.25, 0.3) is 0 Å². The van der Waals surface area contributed by atoms with E-state index in [0.717, 1.165) is 22.5 Å². The quantitative estimate of drug-likeness (QED) is 0.608. The van der Waals surface area contributed by atoms with Crippen molar-refractivity contribution in [2.45, 2.75) is 29.9 Å². The minimum absolute atomic E-state index is 0.749. The average Bonchev–Trinajstić information content (AvgIpc) is 2.93. The lowest BCUT2D eigenvalue weighted by atomic mass is 10.1. The minimum atomic E-state index is 0.749. The van der Waals surface area contributed by atoms with Gasteiger partial charge in [-0.25, -0.2) is 0 Å². The predicted octanol–water partition coefficient (Wildman–Crippen LogP) is 4.28. The van der Waals surface area contributed by atoms with Crippen molar-refractivity contribution in [1.82, 2.24) is 0 Å². The van der Waals surface area contributed by atoms with Gasteiger partial charge in [-0.15, -0.1) is 11.8 Å². The van der Waals surface area contributed by atoms with E-state index in [0.29, 0.717) is 0 Å². The number of benzene rings is 2. The zero-order valence-electron chi connectivity index (χ0n) is 10.8. The highest BCUT2D eigenvalue weighted by Crippen LogP contribution is 2.27. The molecule has 0 saturated heterocycles. The van der Waals surface area contributed by atoms with Crippen molar-refractivity contribution in [3.8, 4) is 0 Å². The molecule has 0 atom stereocenters. The zero-order chi connectivity index (χ0) is 13.1. The second kappa shape index (κ2) is 5.62. The number of thioether (sulfide) groups is 1. The Hall–Kier alpha value is -1.54. The standard InChI is InChI=1S/C17H16OS/c18-11-13-3-1-6-17(10-13)19-12-14-7-8-15-4-2-5-16(15)9-14/h1,3,6-11H,2,4-5,12H2. The van der Waals surface area contributed by atoms with Crippen molar-refractivity contribution in [3.05, 3.63) is 64.7 Å². The van der Waals surface area contributed by atoms with E-state index < -0.39 is 0 Å². The Kier molecular flexibility index (Phi) is 3.69. The molecule has 0 aliphatic heterocycles. The van der Waals surface area contributed by atoms with E-state index in [-0.39, 0.29) is 0 Å². The van der Waals surface area contributed by atoms with E-state index in [1.54, 1.807) is 11.8 Å². The van der Waals surface area contributed by atoms with Crippen LogP contribution in [0.5, 0.6) is 0 Å². The zero-order valence-corrected chi connectivity index (χ0v) is 11.6. The molecular formula is C17H16OS. The van der Waals surface area contributed by atoms with Gasteiger partial charge in [0.1, 0.15) is 6.29 Å². The molecule has 1 aliphatic rings. The van der Waals surface area contributed by atoms with Crippen LogP contribution >= 0.6 is 11.8 Å². The molecule has 0 radical (unpaired) electrons. The number of aryl methyl sites for hydroxylation is 2. The summed E-state index contributed by atoms with van der Waals surface area (Å²) in [6.45, 7) is 0. The van der Waals surface area contributed by atoms with Gasteiger partial charge >= 0.3 is 0 Å². The van der Waals surface area contributed by atoms with Gasteiger partial charge in [0.05, 0.1) is 0 Å². The maximum absolute atomic E-state index is 10.8. The summed E-state index contributed by atoms with van der Waals surface area (Å²) in [6.07, 6.45) is 4.67. The summed E-state index contributed by atoms with van der Waals surface area (Å²) >= 11 is 1.79. The molecular weight excluding hydrogens is 252 g/mol. The van der Waals surface area contributed by atoms with Crippen LogP contribution in [0.25, 0.3) is 0 Å². The highest BCUT2D eigenvalue weighted by molar-refractivity contribution is 7.98. The molecule has 1 nitrogen and oxygen atoms in total. The molecule has 0 fully saturated rings. The summed E-state index contributed by atoms with van der Waals surface area (Å²) in [5.74, 6) is 0.968. The number of hydrogen-bond acceptors (Lipinski definition) is 2. The van der Waals surface area contributed by atoms with Gasteiger partial charge in [-0.2, -0.15) is 0 Å². The Morgan fingerprint density at radius 1 is 1.05 bits per heavy atom. The number of carbonyl (C=O) groups is 1. The van der Waals surface area contributed by atoms with Crippen LogP contribution in [0.2, 0.25) is 0 Å². The molecule has 3 rings (SSSR count). The normalized spacial score (nSPS) is 13.3. The molecule has 96 valence electrons. The first kappa shape index (κ1) is 12.5. The lowest BCUT2D eigenvalue weighted by Gasteiger charge is -2.05. The van der Waals surface area contributed by atoms with Gasteiger partial charge in [0.2, 0.25) is 0 Å². The molecule has 0 spiro atoms. The molecule has 19 heavy (non-hydrogen) atoms. The summed E-state index contributed by atoms with van der Waals surface area (Å²) in [5, 5.41) is 0. The Labute approximate surface area is 118 Å². The summed E-state index contributed by atoms with van der Waals surface area (Å²) in [4.78, 5) is 11.9. The van der Waals surface area contributed by atoms with E-state index >= 15 is 0 Å².